The van der Waals surface area contributed by atoms with E-state index in [2.05, 4.69) is 60.8 Å². The summed E-state index contributed by atoms with van der Waals surface area (Å²) in [5, 5.41) is 2.18. The fraction of sp³-hybridized carbons (Fsp3) is 0.273. The summed E-state index contributed by atoms with van der Waals surface area (Å²) in [6, 6.07) is 14.8. The third-order valence-electron chi connectivity index (χ3n) is 5.16. The van der Waals surface area contributed by atoms with Gasteiger partial charge in [-0.05, 0) is 55.8 Å². The summed E-state index contributed by atoms with van der Waals surface area (Å²) in [7, 11) is 2.20. The predicted molar refractivity (Wildman–Crippen MR) is 108 cm³/mol. The van der Waals surface area contributed by atoms with Crippen LogP contribution in [-0.4, -0.2) is 23.1 Å². The van der Waals surface area contributed by atoms with Gasteiger partial charge in [-0.2, -0.15) is 0 Å². The summed E-state index contributed by atoms with van der Waals surface area (Å²) in [6.07, 6.45) is 3.33. The topological polar surface area (TPSA) is 8.17 Å². The zero-order chi connectivity index (χ0) is 17.6. The van der Waals surface area contributed by atoms with Gasteiger partial charge in [0, 0.05) is 41.8 Å². The molecule has 0 N–H and O–H groups in total. The minimum atomic E-state index is 0.803. The number of nitrogens with zero attached hydrogens (tertiary/aromatic N) is 2. The van der Waals surface area contributed by atoms with Crippen molar-refractivity contribution in [2.75, 3.05) is 13.6 Å². The summed E-state index contributed by atoms with van der Waals surface area (Å²) in [6.45, 7) is 6.42. The molecule has 0 radical (unpaired) electrons. The Morgan fingerprint density at radius 1 is 1.16 bits per heavy atom. The van der Waals surface area contributed by atoms with Gasteiger partial charge in [-0.1, -0.05) is 41.4 Å². The molecule has 0 bridgehead atoms. The quantitative estimate of drug-likeness (QED) is 0.583. The van der Waals surface area contributed by atoms with E-state index in [1.807, 2.05) is 18.2 Å². The Labute approximate surface area is 154 Å². The van der Waals surface area contributed by atoms with Crippen molar-refractivity contribution < 1.29 is 0 Å². The van der Waals surface area contributed by atoms with Crippen LogP contribution in [0, 0.1) is 6.92 Å². The molecular formula is C22H23ClN2. The molecule has 1 aliphatic rings. The van der Waals surface area contributed by atoms with E-state index in [1.54, 1.807) is 0 Å². The van der Waals surface area contributed by atoms with Crippen LogP contribution in [-0.2, 0) is 13.0 Å². The summed E-state index contributed by atoms with van der Waals surface area (Å²) in [5.41, 5.74) is 7.79. The molecule has 25 heavy (non-hydrogen) atoms. The Morgan fingerprint density at radius 3 is 2.76 bits per heavy atom. The maximum absolute atomic E-state index is 6.40. The van der Waals surface area contributed by atoms with Gasteiger partial charge < -0.3 is 9.47 Å². The van der Waals surface area contributed by atoms with Gasteiger partial charge in [0.1, 0.15) is 0 Å². The second kappa shape index (κ2) is 6.36. The monoisotopic (exact) mass is 350 g/mol. The number of hydrogen-bond donors (Lipinski definition) is 0. The molecule has 3 aromatic rings. The molecule has 1 aromatic heterocycles. The van der Waals surface area contributed by atoms with Crippen LogP contribution in [0.15, 0.2) is 42.5 Å². The third kappa shape index (κ3) is 2.90. The van der Waals surface area contributed by atoms with E-state index in [9.17, 15) is 0 Å². The number of fused-ring (bicyclic) bond motifs is 3. The molecule has 0 atom stereocenters. The first-order valence-corrected chi connectivity index (χ1v) is 9.16. The maximum Gasteiger partial charge on any atom is 0.0529 e. The molecule has 4 rings (SSSR count). The molecule has 2 heterocycles. The zero-order valence-corrected chi connectivity index (χ0v) is 15.8. The molecule has 0 amide bonds. The number of halogens is 1. The molecule has 0 saturated heterocycles. The number of likely N-dealkylation sites (N-methyl/N-ethyl adjacent to an activating group) is 1. The normalized spacial score (nSPS) is 15.6. The molecule has 1 aliphatic heterocycles. The van der Waals surface area contributed by atoms with E-state index in [4.69, 9.17) is 11.6 Å². The van der Waals surface area contributed by atoms with Crippen molar-refractivity contribution in [1.82, 2.24) is 9.47 Å². The second-order valence-corrected chi connectivity index (χ2v) is 7.50. The Bertz CT molecular complexity index is 981. The number of benzene rings is 2. The van der Waals surface area contributed by atoms with Crippen molar-refractivity contribution in [2.45, 2.75) is 26.8 Å². The van der Waals surface area contributed by atoms with Crippen LogP contribution < -0.4 is 0 Å². The average molecular weight is 351 g/mol. The van der Waals surface area contributed by atoms with Crippen LogP contribution in [0.1, 0.15) is 29.3 Å². The number of allylic oxidation sites excluding steroid dienone is 1. The predicted octanol–water partition coefficient (Wildman–Crippen LogP) is 5.61. The molecule has 2 aromatic carbocycles. The van der Waals surface area contributed by atoms with E-state index in [0.717, 1.165) is 30.1 Å². The summed E-state index contributed by atoms with van der Waals surface area (Å²) in [5.74, 6) is 0. The van der Waals surface area contributed by atoms with Gasteiger partial charge in [-0.25, -0.2) is 0 Å². The Balaban J connectivity index is 1.93. The number of aryl methyl sites for hydroxylation is 1. The van der Waals surface area contributed by atoms with Crippen LogP contribution in [0.4, 0.5) is 0 Å². The van der Waals surface area contributed by atoms with E-state index in [-0.39, 0.29) is 0 Å². The van der Waals surface area contributed by atoms with Crippen molar-refractivity contribution >= 4 is 34.3 Å². The molecular weight excluding hydrogens is 328 g/mol. The summed E-state index contributed by atoms with van der Waals surface area (Å²) in [4.78, 5) is 2.40. The minimum absolute atomic E-state index is 0.803. The molecule has 0 fully saturated rings. The lowest BCUT2D eigenvalue weighted by molar-refractivity contribution is 0.312. The standard InChI is InChI=1S/C22H23ClN2/c1-15-8-9-21-18(12-15)19-14-24(3)11-10-22(19)25(21)13-16(2)17-6-4-5-7-20(17)23/h4-9,12-13H,10-11,14H2,1-3H3/b16-13-. The van der Waals surface area contributed by atoms with E-state index >= 15 is 0 Å². The van der Waals surface area contributed by atoms with Crippen molar-refractivity contribution in [3.63, 3.8) is 0 Å². The van der Waals surface area contributed by atoms with Crippen molar-refractivity contribution in [1.29, 1.82) is 0 Å². The molecule has 2 nitrogen and oxygen atoms in total. The fourth-order valence-corrected chi connectivity index (χ4v) is 4.12. The highest BCUT2D eigenvalue weighted by Crippen LogP contribution is 2.33. The third-order valence-corrected chi connectivity index (χ3v) is 5.49. The molecule has 0 saturated carbocycles. The van der Waals surface area contributed by atoms with E-state index < -0.39 is 0 Å². The second-order valence-electron chi connectivity index (χ2n) is 7.10. The molecule has 0 unspecified atom stereocenters. The maximum atomic E-state index is 6.40. The van der Waals surface area contributed by atoms with Crippen LogP contribution in [0.25, 0.3) is 22.7 Å². The zero-order valence-electron chi connectivity index (χ0n) is 15.0. The van der Waals surface area contributed by atoms with Gasteiger partial charge in [-0.3, -0.25) is 0 Å². The van der Waals surface area contributed by atoms with Crippen LogP contribution in [0.3, 0.4) is 0 Å². The number of hydrogen-bond acceptors (Lipinski definition) is 1. The van der Waals surface area contributed by atoms with Gasteiger partial charge in [0.2, 0.25) is 0 Å². The van der Waals surface area contributed by atoms with Crippen molar-refractivity contribution in [2.24, 2.45) is 0 Å². The molecule has 3 heteroatoms. The number of aromatic nitrogens is 1. The molecule has 128 valence electrons. The van der Waals surface area contributed by atoms with Gasteiger partial charge in [0.25, 0.3) is 0 Å². The summed E-state index contributed by atoms with van der Waals surface area (Å²) >= 11 is 6.40. The van der Waals surface area contributed by atoms with Gasteiger partial charge in [0.05, 0.1) is 5.52 Å². The first-order chi connectivity index (χ1) is 12.0. The Morgan fingerprint density at radius 2 is 1.96 bits per heavy atom. The highest BCUT2D eigenvalue weighted by molar-refractivity contribution is 6.32. The first kappa shape index (κ1) is 16.4. The fourth-order valence-electron chi connectivity index (χ4n) is 3.83. The molecule has 0 aliphatic carbocycles. The Kier molecular flexibility index (Phi) is 4.18. The Hall–Kier alpha value is -2.03. The van der Waals surface area contributed by atoms with Crippen molar-refractivity contribution in [3.05, 3.63) is 69.9 Å². The van der Waals surface area contributed by atoms with Crippen LogP contribution >= 0.6 is 11.6 Å². The van der Waals surface area contributed by atoms with E-state index in [1.165, 1.54) is 33.3 Å². The van der Waals surface area contributed by atoms with Crippen LogP contribution in [0.5, 0.6) is 0 Å². The average Bonchev–Trinajstić information content (AvgIpc) is 2.88. The smallest absolute Gasteiger partial charge is 0.0529 e. The first-order valence-electron chi connectivity index (χ1n) is 8.79. The lowest BCUT2D eigenvalue weighted by Gasteiger charge is -2.23. The van der Waals surface area contributed by atoms with Gasteiger partial charge in [0.15, 0.2) is 0 Å². The lowest BCUT2D eigenvalue weighted by atomic mass is 10.0. The molecule has 0 spiro atoms. The lowest BCUT2D eigenvalue weighted by Crippen LogP contribution is -2.26. The van der Waals surface area contributed by atoms with Gasteiger partial charge >= 0.3 is 0 Å². The van der Waals surface area contributed by atoms with Gasteiger partial charge in [-0.15, -0.1) is 0 Å². The van der Waals surface area contributed by atoms with E-state index in [0.29, 0.717) is 0 Å². The SMILES string of the molecule is C/C(=C/n1c2c(c3cc(C)ccc31)CN(C)CC2)c1ccccc1Cl. The minimum Gasteiger partial charge on any atom is -0.320 e. The summed E-state index contributed by atoms with van der Waals surface area (Å²) < 4.78 is 2.38. The highest BCUT2D eigenvalue weighted by Gasteiger charge is 2.21. The van der Waals surface area contributed by atoms with Crippen molar-refractivity contribution in [3.8, 4) is 0 Å². The van der Waals surface area contributed by atoms with Crippen LogP contribution in [0.2, 0.25) is 5.02 Å². The largest absolute Gasteiger partial charge is 0.320 e. The number of rotatable bonds is 2. The highest BCUT2D eigenvalue weighted by atomic mass is 35.5.